The van der Waals surface area contributed by atoms with Crippen LogP contribution >= 0.6 is 0 Å². The van der Waals surface area contributed by atoms with E-state index >= 15 is 0 Å². The van der Waals surface area contributed by atoms with Crippen LogP contribution in [0.5, 0.6) is 0 Å². The molecule has 1 aromatic heterocycles. The smallest absolute Gasteiger partial charge is 0.0784 e. The number of aromatic nitrogens is 1. The molecule has 2 heterocycles. The highest BCUT2D eigenvalue weighted by Gasteiger charge is 2.30. The van der Waals surface area contributed by atoms with Gasteiger partial charge in [0.2, 0.25) is 0 Å². The fourth-order valence-electron chi connectivity index (χ4n) is 4.16. The Labute approximate surface area is 155 Å². The molecule has 2 aliphatic rings. The number of hydrogen-bond donors (Lipinski definition) is 1. The van der Waals surface area contributed by atoms with Crippen molar-refractivity contribution in [1.82, 2.24) is 10.3 Å². The summed E-state index contributed by atoms with van der Waals surface area (Å²) in [5.74, 6) is 0.707. The number of para-hydroxylation sites is 1. The van der Waals surface area contributed by atoms with Gasteiger partial charge in [-0.15, -0.1) is 0 Å². The molecule has 3 nitrogen and oxygen atoms in total. The second-order valence-electron chi connectivity index (χ2n) is 7.64. The lowest BCUT2D eigenvalue weighted by molar-refractivity contribution is 0.587. The number of hydrogen-bond acceptors (Lipinski definition) is 3. The van der Waals surface area contributed by atoms with Crippen LogP contribution in [0.4, 0.5) is 5.69 Å². The van der Waals surface area contributed by atoms with Gasteiger partial charge < -0.3 is 10.2 Å². The molecule has 0 unspecified atom stereocenters. The Morgan fingerprint density at radius 3 is 2.50 bits per heavy atom. The first-order valence-electron chi connectivity index (χ1n) is 9.75. The van der Waals surface area contributed by atoms with Crippen molar-refractivity contribution < 1.29 is 0 Å². The molecule has 3 aromatic rings. The summed E-state index contributed by atoms with van der Waals surface area (Å²) in [5, 5.41) is 4.81. The van der Waals surface area contributed by atoms with E-state index in [1.165, 1.54) is 46.2 Å². The molecule has 0 spiro atoms. The summed E-state index contributed by atoms with van der Waals surface area (Å²) in [5.41, 5.74) is 7.84. The zero-order valence-corrected chi connectivity index (χ0v) is 15.3. The van der Waals surface area contributed by atoms with Crippen LogP contribution in [-0.2, 0) is 0 Å². The van der Waals surface area contributed by atoms with E-state index < -0.39 is 0 Å². The largest absolute Gasteiger partial charge is 0.367 e. The van der Waals surface area contributed by atoms with Gasteiger partial charge in [-0.2, -0.15) is 0 Å². The molecular formula is C23H25N3. The second kappa shape index (κ2) is 6.40. The van der Waals surface area contributed by atoms with Gasteiger partial charge in [-0.25, -0.2) is 0 Å². The highest BCUT2D eigenvalue weighted by molar-refractivity contribution is 5.98. The summed E-state index contributed by atoms with van der Waals surface area (Å²) in [6.45, 7) is 6.41. The van der Waals surface area contributed by atoms with Gasteiger partial charge in [-0.05, 0) is 36.8 Å². The van der Waals surface area contributed by atoms with Crippen LogP contribution in [0.25, 0.3) is 22.0 Å². The number of rotatable bonds is 3. The summed E-state index contributed by atoms with van der Waals surface area (Å²) in [6.07, 6.45) is 4.76. The van der Waals surface area contributed by atoms with Crippen molar-refractivity contribution in [3.8, 4) is 11.1 Å². The number of benzene rings is 2. The van der Waals surface area contributed by atoms with Crippen molar-refractivity contribution in [2.75, 3.05) is 31.1 Å². The van der Waals surface area contributed by atoms with Gasteiger partial charge in [0.05, 0.1) is 17.4 Å². The number of nitrogens with one attached hydrogen (secondary N) is 1. The van der Waals surface area contributed by atoms with Gasteiger partial charge in [0, 0.05) is 37.1 Å². The normalized spacial score (nSPS) is 17.7. The van der Waals surface area contributed by atoms with E-state index in [0.717, 1.165) is 31.7 Å². The predicted octanol–water partition coefficient (Wildman–Crippen LogP) is 4.50. The topological polar surface area (TPSA) is 28.2 Å². The molecule has 2 fully saturated rings. The maximum atomic E-state index is 4.96. The van der Waals surface area contributed by atoms with Crippen LogP contribution < -0.4 is 10.2 Å². The highest BCUT2D eigenvalue weighted by atomic mass is 15.2. The lowest BCUT2D eigenvalue weighted by Crippen LogP contribution is -2.44. The Morgan fingerprint density at radius 2 is 1.77 bits per heavy atom. The summed E-state index contributed by atoms with van der Waals surface area (Å²) in [7, 11) is 0. The van der Waals surface area contributed by atoms with Crippen LogP contribution in [0.3, 0.4) is 0 Å². The van der Waals surface area contributed by atoms with Crippen LogP contribution in [0.1, 0.15) is 29.9 Å². The third kappa shape index (κ3) is 2.77. The average Bonchev–Trinajstić information content (AvgIpc) is 3.53. The standard InChI is InChI=1S/C23H25N3/c1-16-5-7-17(8-6-16)19-3-2-4-20-22(18-9-10-18)21(15-25-23(19)20)26-13-11-24-12-14-26/h2-8,15,18,24H,9-14H2,1H3. The number of pyridine rings is 1. The van der Waals surface area contributed by atoms with Crippen molar-refractivity contribution >= 4 is 16.6 Å². The summed E-state index contributed by atoms with van der Waals surface area (Å²) >= 11 is 0. The molecular weight excluding hydrogens is 318 g/mol. The number of nitrogens with zero attached hydrogens (tertiary/aromatic N) is 2. The first-order valence-corrected chi connectivity index (χ1v) is 9.75. The van der Waals surface area contributed by atoms with Crippen LogP contribution in [0, 0.1) is 6.92 Å². The molecule has 0 atom stereocenters. The molecule has 1 saturated carbocycles. The van der Waals surface area contributed by atoms with Gasteiger partial charge in [0.1, 0.15) is 0 Å². The van der Waals surface area contributed by atoms with E-state index in [-0.39, 0.29) is 0 Å². The Bertz CT molecular complexity index is 936. The molecule has 0 amide bonds. The fourth-order valence-corrected chi connectivity index (χ4v) is 4.16. The molecule has 0 bridgehead atoms. The van der Waals surface area contributed by atoms with Gasteiger partial charge in [0.15, 0.2) is 0 Å². The predicted molar refractivity (Wildman–Crippen MR) is 109 cm³/mol. The Balaban J connectivity index is 1.68. The Kier molecular flexibility index (Phi) is 3.90. The van der Waals surface area contributed by atoms with E-state index in [0.29, 0.717) is 5.92 Å². The van der Waals surface area contributed by atoms with Crippen molar-refractivity contribution in [1.29, 1.82) is 0 Å². The van der Waals surface area contributed by atoms with E-state index in [1.807, 2.05) is 0 Å². The SMILES string of the molecule is Cc1ccc(-c2cccc3c(C4CC4)c(N4CCNCC4)cnc23)cc1. The Hall–Kier alpha value is -2.39. The maximum Gasteiger partial charge on any atom is 0.0784 e. The molecule has 26 heavy (non-hydrogen) atoms. The first-order chi connectivity index (χ1) is 12.8. The van der Waals surface area contributed by atoms with Crippen molar-refractivity contribution in [2.24, 2.45) is 0 Å². The van der Waals surface area contributed by atoms with E-state index in [4.69, 9.17) is 4.98 Å². The zero-order chi connectivity index (χ0) is 17.5. The molecule has 132 valence electrons. The third-order valence-electron chi connectivity index (χ3n) is 5.72. The van der Waals surface area contributed by atoms with Gasteiger partial charge in [-0.3, -0.25) is 4.98 Å². The van der Waals surface area contributed by atoms with Crippen LogP contribution in [0.2, 0.25) is 0 Å². The average molecular weight is 343 g/mol. The molecule has 1 saturated heterocycles. The summed E-state index contributed by atoms with van der Waals surface area (Å²) in [4.78, 5) is 7.49. The highest BCUT2D eigenvalue weighted by Crippen LogP contribution is 2.48. The number of anilines is 1. The molecule has 1 N–H and O–H groups in total. The van der Waals surface area contributed by atoms with Gasteiger partial charge >= 0.3 is 0 Å². The molecule has 1 aliphatic carbocycles. The maximum absolute atomic E-state index is 4.96. The van der Waals surface area contributed by atoms with Crippen LogP contribution in [-0.4, -0.2) is 31.2 Å². The van der Waals surface area contributed by atoms with E-state index in [9.17, 15) is 0 Å². The molecule has 3 heteroatoms. The fraction of sp³-hybridized carbons (Fsp3) is 0.348. The minimum absolute atomic E-state index is 0.707. The molecule has 1 aliphatic heterocycles. The van der Waals surface area contributed by atoms with Gasteiger partial charge in [-0.1, -0.05) is 48.0 Å². The second-order valence-corrected chi connectivity index (χ2v) is 7.64. The van der Waals surface area contributed by atoms with E-state index in [2.05, 4.69) is 65.8 Å². The van der Waals surface area contributed by atoms with Crippen LogP contribution in [0.15, 0.2) is 48.7 Å². The number of fused-ring (bicyclic) bond motifs is 1. The van der Waals surface area contributed by atoms with Gasteiger partial charge in [0.25, 0.3) is 0 Å². The zero-order valence-electron chi connectivity index (χ0n) is 15.3. The minimum atomic E-state index is 0.707. The lowest BCUT2D eigenvalue weighted by atomic mass is 9.96. The minimum Gasteiger partial charge on any atom is -0.367 e. The van der Waals surface area contributed by atoms with Crippen molar-refractivity contribution in [3.05, 3.63) is 59.8 Å². The summed E-state index contributed by atoms with van der Waals surface area (Å²) < 4.78 is 0. The lowest BCUT2D eigenvalue weighted by Gasteiger charge is -2.31. The van der Waals surface area contributed by atoms with Crippen molar-refractivity contribution in [3.63, 3.8) is 0 Å². The third-order valence-corrected chi connectivity index (χ3v) is 5.72. The number of aryl methyl sites for hydroxylation is 1. The van der Waals surface area contributed by atoms with Crippen molar-refractivity contribution in [2.45, 2.75) is 25.7 Å². The molecule has 2 aromatic carbocycles. The first kappa shape index (κ1) is 15.8. The summed E-state index contributed by atoms with van der Waals surface area (Å²) in [6, 6.07) is 15.5. The van der Waals surface area contributed by atoms with E-state index in [1.54, 1.807) is 0 Å². The monoisotopic (exact) mass is 343 g/mol. The molecule has 5 rings (SSSR count). The Morgan fingerprint density at radius 1 is 1.00 bits per heavy atom. The number of piperazine rings is 1. The quantitative estimate of drug-likeness (QED) is 0.759. The molecule has 0 radical (unpaired) electrons.